The second kappa shape index (κ2) is 35.5. The molecule has 0 radical (unpaired) electrons. The van der Waals surface area contributed by atoms with Gasteiger partial charge in [0.2, 0.25) is 0 Å². The van der Waals surface area contributed by atoms with E-state index in [0.717, 1.165) is 0 Å². The van der Waals surface area contributed by atoms with E-state index >= 15 is 0 Å². The molecule has 5 heteroatoms. The van der Waals surface area contributed by atoms with E-state index in [-0.39, 0.29) is 20.4 Å². The monoisotopic (exact) mass is 1490 g/mol. The van der Waals surface area contributed by atoms with Crippen molar-refractivity contribution in [2.75, 3.05) is 0 Å². The average Bonchev–Trinajstić information content (AvgIpc) is 0.812. The Morgan fingerprint density at radius 3 is 0.198 bits per heavy atom. The normalized spacial score (nSPS) is 11.0. The fourth-order valence-electron chi connectivity index (χ4n) is 15.4. The predicted octanol–water partition coefficient (Wildman–Crippen LogP) is 20.1. The Labute approximate surface area is 629 Å². The molecule has 522 valence electrons. The van der Waals surface area contributed by atoms with E-state index in [9.17, 15) is 0 Å². The molecule has 0 aliphatic carbocycles. The minimum Gasteiger partial charge on any atom is -0.0561 e. The van der Waals surface area contributed by atoms with Crippen molar-refractivity contribution in [2.24, 2.45) is 0 Å². The van der Waals surface area contributed by atoms with E-state index < -0.39 is 31.7 Å². The van der Waals surface area contributed by atoms with E-state index in [4.69, 9.17) is 0 Å². The standard InChI is InChI=1S/4C24H27P.Pd/c4*1-16-7-17(2)11-22(10-16)25(23-12-18(3)8-19(4)13-23)24-14-20(5)9-21(6)15-24;/h4*7-15H,1-6H3;/p+4. The maximum absolute atomic E-state index is 2.39. The number of benzene rings is 12. The molecule has 0 bridgehead atoms. The SMILES string of the molecule is Cc1cc(C)cc([PH+](c2cc(C)cc(C)c2)c2cc(C)cc(C)c2)c1.Cc1cc(C)cc([PH+](c2cc(C)cc(C)c2)c2cc(C)cc(C)c2)c1.Cc1cc(C)cc([PH+](c2cc(C)cc(C)c2)c2cc(C)cc(C)c2)c1.Cc1cc(C)cc([PH+](c2cc(C)cc(C)c2)c2cc(C)cc(C)c2)c1.[Pd]. The molecular weight excluding hydrogens is 1380 g/mol. The Balaban J connectivity index is 0.000000171. The molecule has 0 saturated carbocycles. The molecular formula is C96H112P4Pd+4. The van der Waals surface area contributed by atoms with Gasteiger partial charge in [-0.15, -0.1) is 0 Å². The van der Waals surface area contributed by atoms with Gasteiger partial charge in [-0.25, -0.2) is 0 Å². The van der Waals surface area contributed by atoms with Crippen molar-refractivity contribution in [3.63, 3.8) is 0 Å². The topological polar surface area (TPSA) is 0 Å². The molecule has 0 heterocycles. The van der Waals surface area contributed by atoms with Crippen LogP contribution >= 0.6 is 31.7 Å². The van der Waals surface area contributed by atoms with Crippen molar-refractivity contribution in [3.8, 4) is 0 Å². The van der Waals surface area contributed by atoms with Crippen LogP contribution in [0.4, 0.5) is 0 Å². The van der Waals surface area contributed by atoms with Gasteiger partial charge in [0.1, 0.15) is 63.7 Å². The first-order valence-corrected chi connectivity index (χ1v) is 41.8. The summed E-state index contributed by atoms with van der Waals surface area (Å²) in [5.74, 6) is 0. The van der Waals surface area contributed by atoms with Crippen LogP contribution in [0.15, 0.2) is 218 Å². The van der Waals surface area contributed by atoms with Crippen molar-refractivity contribution >= 4 is 95.3 Å². The van der Waals surface area contributed by atoms with Crippen LogP contribution in [0.2, 0.25) is 0 Å². The largest absolute Gasteiger partial charge is 0.102 e. The Kier molecular flexibility index (Phi) is 28.0. The van der Waals surface area contributed by atoms with E-state index in [1.165, 1.54) is 197 Å². The van der Waals surface area contributed by atoms with Crippen molar-refractivity contribution in [1.29, 1.82) is 0 Å². The summed E-state index contributed by atoms with van der Waals surface area (Å²) >= 11 is 0. The molecule has 12 rings (SSSR count). The molecule has 12 aromatic carbocycles. The zero-order chi connectivity index (χ0) is 72.5. The van der Waals surface area contributed by atoms with Gasteiger partial charge in [0.05, 0.1) is 31.7 Å². The molecule has 0 aromatic heterocycles. The Bertz CT molecular complexity index is 3580. The quantitative estimate of drug-likeness (QED) is 0.0845. The predicted molar refractivity (Wildman–Crippen MR) is 460 cm³/mol. The van der Waals surface area contributed by atoms with Crippen molar-refractivity contribution in [1.82, 2.24) is 0 Å². The molecule has 0 amide bonds. The third-order valence-corrected chi connectivity index (χ3v) is 28.5. The maximum atomic E-state index is 2.39. The number of hydrogen-bond donors (Lipinski definition) is 0. The molecule has 0 aliphatic rings. The summed E-state index contributed by atoms with van der Waals surface area (Å²) in [5.41, 5.74) is 32.5. The average molecular weight is 1500 g/mol. The fourth-order valence-corrected chi connectivity index (χ4v) is 28.4. The zero-order valence-electron chi connectivity index (χ0n) is 65.1. The smallest absolute Gasteiger partial charge is 0.0561 e. The van der Waals surface area contributed by atoms with Gasteiger partial charge in [0.15, 0.2) is 0 Å². The molecule has 0 N–H and O–H groups in total. The number of hydrogen-bond acceptors (Lipinski definition) is 0. The van der Waals surface area contributed by atoms with Crippen LogP contribution in [0.1, 0.15) is 134 Å². The summed E-state index contributed by atoms with van der Waals surface area (Å²) in [6.45, 7) is 53.0. The van der Waals surface area contributed by atoms with Gasteiger partial charge < -0.3 is 0 Å². The van der Waals surface area contributed by atoms with Crippen LogP contribution in [0.3, 0.4) is 0 Å². The summed E-state index contributed by atoms with van der Waals surface area (Å²) in [4.78, 5) is 0. The Morgan fingerprint density at radius 2 is 0.149 bits per heavy atom. The summed E-state index contributed by atoms with van der Waals surface area (Å²) in [5, 5.41) is 17.8. The third-order valence-electron chi connectivity index (χ3n) is 18.1. The van der Waals surface area contributed by atoms with E-state index in [1.54, 1.807) is 0 Å². The maximum Gasteiger partial charge on any atom is 0.102 e. The molecule has 0 spiro atoms. The van der Waals surface area contributed by atoms with Crippen LogP contribution < -0.4 is 63.7 Å². The Morgan fingerprint density at radius 1 is 0.0990 bits per heavy atom. The van der Waals surface area contributed by atoms with E-state index in [1.807, 2.05) is 0 Å². The second-order valence-electron chi connectivity index (χ2n) is 30.0. The number of aryl methyl sites for hydroxylation is 24. The molecule has 101 heavy (non-hydrogen) atoms. The first kappa shape index (κ1) is 79.7. The molecule has 0 aliphatic heterocycles. The molecule has 12 aromatic rings. The second-order valence-corrected chi connectivity index (χ2v) is 39.9. The summed E-state index contributed by atoms with van der Waals surface area (Å²) in [6.07, 6.45) is 0. The van der Waals surface area contributed by atoms with Crippen LogP contribution in [0.5, 0.6) is 0 Å². The van der Waals surface area contributed by atoms with Crippen LogP contribution in [0.25, 0.3) is 0 Å². The third kappa shape index (κ3) is 22.5. The van der Waals surface area contributed by atoms with Crippen LogP contribution in [0, 0.1) is 166 Å². The first-order chi connectivity index (χ1) is 47.3. The molecule has 0 nitrogen and oxygen atoms in total. The molecule has 0 unspecified atom stereocenters. The van der Waals surface area contributed by atoms with Gasteiger partial charge in [-0.1, -0.05) is 72.8 Å². The molecule has 0 atom stereocenters. The number of rotatable bonds is 12. The summed E-state index contributed by atoms with van der Waals surface area (Å²) < 4.78 is 0. The minimum atomic E-state index is -1.01. The van der Waals surface area contributed by atoms with Gasteiger partial charge in [-0.05, 0) is 445 Å². The van der Waals surface area contributed by atoms with Crippen LogP contribution in [-0.2, 0) is 20.4 Å². The van der Waals surface area contributed by atoms with Gasteiger partial charge in [0, 0.05) is 20.4 Å². The van der Waals surface area contributed by atoms with Crippen molar-refractivity contribution in [2.45, 2.75) is 166 Å². The zero-order valence-corrected chi connectivity index (χ0v) is 70.7. The van der Waals surface area contributed by atoms with Gasteiger partial charge in [-0.2, -0.15) is 0 Å². The first-order valence-electron chi connectivity index (χ1n) is 35.8. The molecule has 0 fully saturated rings. The molecule has 0 saturated heterocycles. The van der Waals surface area contributed by atoms with E-state index in [2.05, 4.69) is 385 Å². The van der Waals surface area contributed by atoms with Gasteiger partial charge in [0.25, 0.3) is 0 Å². The van der Waals surface area contributed by atoms with Gasteiger partial charge >= 0.3 is 0 Å². The Hall–Kier alpha value is -6.98. The summed E-state index contributed by atoms with van der Waals surface area (Å²) in [7, 11) is -4.04. The van der Waals surface area contributed by atoms with Crippen molar-refractivity contribution < 1.29 is 20.4 Å². The van der Waals surface area contributed by atoms with Crippen molar-refractivity contribution in [3.05, 3.63) is 352 Å². The summed E-state index contributed by atoms with van der Waals surface area (Å²) in [6, 6.07) is 84.5. The fraction of sp³-hybridized carbons (Fsp3) is 0.250. The van der Waals surface area contributed by atoms with Gasteiger partial charge in [-0.3, -0.25) is 0 Å². The minimum absolute atomic E-state index is 0. The van der Waals surface area contributed by atoms with Crippen LogP contribution in [-0.4, -0.2) is 0 Å². The van der Waals surface area contributed by atoms with E-state index in [0.29, 0.717) is 0 Å².